The standard InChI is InChI=1S/C12H11N3O4S2/c1-7-5-8-9(19-12(16)15(8)2)6-10(7)21(17,18)14-11-13-3-4-20-11/h3-6H,1-2H3,(H,13,14). The maximum absolute atomic E-state index is 12.4. The van der Waals surface area contributed by atoms with Gasteiger partial charge in [-0.05, 0) is 18.6 Å². The van der Waals surface area contributed by atoms with Crippen LogP contribution in [0, 0.1) is 6.92 Å². The monoisotopic (exact) mass is 325 g/mol. The summed E-state index contributed by atoms with van der Waals surface area (Å²) in [4.78, 5) is 15.4. The van der Waals surface area contributed by atoms with Crippen molar-refractivity contribution < 1.29 is 12.8 Å². The number of nitrogens with zero attached hydrogens (tertiary/aromatic N) is 2. The lowest BCUT2D eigenvalue weighted by Gasteiger charge is -2.08. The van der Waals surface area contributed by atoms with Gasteiger partial charge in [0.25, 0.3) is 10.0 Å². The summed E-state index contributed by atoms with van der Waals surface area (Å²) in [6.45, 7) is 1.66. The summed E-state index contributed by atoms with van der Waals surface area (Å²) in [6, 6.07) is 2.96. The number of benzene rings is 1. The van der Waals surface area contributed by atoms with E-state index in [1.807, 2.05) is 0 Å². The number of thiazole rings is 1. The molecule has 0 atom stereocenters. The molecule has 9 heteroatoms. The van der Waals surface area contributed by atoms with E-state index in [4.69, 9.17) is 4.42 Å². The minimum absolute atomic E-state index is 0.0551. The van der Waals surface area contributed by atoms with Crippen molar-refractivity contribution in [2.45, 2.75) is 11.8 Å². The molecule has 0 unspecified atom stereocenters. The van der Waals surface area contributed by atoms with E-state index in [1.165, 1.54) is 28.2 Å². The summed E-state index contributed by atoms with van der Waals surface area (Å²) in [7, 11) is -2.22. The Labute approximate surface area is 123 Å². The van der Waals surface area contributed by atoms with Gasteiger partial charge in [0.15, 0.2) is 10.7 Å². The van der Waals surface area contributed by atoms with Crippen molar-refractivity contribution in [2.24, 2.45) is 7.05 Å². The van der Waals surface area contributed by atoms with Crippen molar-refractivity contribution in [2.75, 3.05) is 4.72 Å². The molecule has 0 saturated heterocycles. The summed E-state index contributed by atoms with van der Waals surface area (Å²) in [5, 5.41) is 1.95. The fourth-order valence-electron chi connectivity index (χ4n) is 1.99. The molecule has 110 valence electrons. The lowest BCUT2D eigenvalue weighted by atomic mass is 10.2. The Hall–Kier alpha value is -2.13. The second kappa shape index (κ2) is 4.71. The van der Waals surface area contributed by atoms with Gasteiger partial charge in [-0.1, -0.05) is 0 Å². The summed E-state index contributed by atoms with van der Waals surface area (Å²) in [5.41, 5.74) is 1.29. The predicted octanol–water partition coefficient (Wildman–Crippen LogP) is 1.70. The van der Waals surface area contributed by atoms with Crippen LogP contribution >= 0.6 is 11.3 Å². The van der Waals surface area contributed by atoms with Gasteiger partial charge in [0, 0.05) is 24.7 Å². The average Bonchev–Trinajstić information content (AvgIpc) is 2.99. The van der Waals surface area contributed by atoms with Gasteiger partial charge >= 0.3 is 5.76 Å². The molecule has 0 bridgehead atoms. The Morgan fingerprint density at radius 3 is 2.81 bits per heavy atom. The normalized spacial score (nSPS) is 11.9. The summed E-state index contributed by atoms with van der Waals surface area (Å²) < 4.78 is 33.5. The zero-order chi connectivity index (χ0) is 15.2. The molecule has 0 saturated carbocycles. The lowest BCUT2D eigenvalue weighted by Crippen LogP contribution is -2.14. The van der Waals surface area contributed by atoms with E-state index in [-0.39, 0.29) is 15.6 Å². The fraction of sp³-hybridized carbons (Fsp3) is 0.167. The lowest BCUT2D eigenvalue weighted by molar-refractivity contribution is 0.527. The number of aromatic nitrogens is 2. The quantitative estimate of drug-likeness (QED) is 0.791. The Balaban J connectivity index is 2.15. The summed E-state index contributed by atoms with van der Waals surface area (Å²) in [5.74, 6) is -0.535. The van der Waals surface area contributed by atoms with Gasteiger partial charge in [0.1, 0.15) is 0 Å². The predicted molar refractivity (Wildman–Crippen MR) is 79.1 cm³/mol. The van der Waals surface area contributed by atoms with Gasteiger partial charge in [-0.3, -0.25) is 9.29 Å². The number of aryl methyl sites for hydroxylation is 2. The zero-order valence-corrected chi connectivity index (χ0v) is 12.8. The number of anilines is 1. The van der Waals surface area contributed by atoms with Crippen molar-refractivity contribution in [1.29, 1.82) is 0 Å². The van der Waals surface area contributed by atoms with Crippen LogP contribution in [0.5, 0.6) is 0 Å². The molecule has 0 fully saturated rings. The number of hydrogen-bond acceptors (Lipinski definition) is 6. The van der Waals surface area contributed by atoms with E-state index < -0.39 is 15.8 Å². The minimum Gasteiger partial charge on any atom is -0.408 e. The molecular formula is C12H11N3O4S2. The maximum atomic E-state index is 12.4. The molecule has 1 aromatic carbocycles. The Bertz CT molecular complexity index is 968. The van der Waals surface area contributed by atoms with Crippen LogP contribution in [0.15, 0.2) is 37.8 Å². The molecule has 0 aliphatic carbocycles. The van der Waals surface area contributed by atoms with Gasteiger partial charge in [-0.15, -0.1) is 11.3 Å². The highest BCUT2D eigenvalue weighted by Gasteiger charge is 2.21. The van der Waals surface area contributed by atoms with Crippen LogP contribution in [0.2, 0.25) is 0 Å². The van der Waals surface area contributed by atoms with E-state index in [1.54, 1.807) is 25.4 Å². The van der Waals surface area contributed by atoms with Crippen LogP contribution in [0.4, 0.5) is 5.13 Å². The third-order valence-corrected chi connectivity index (χ3v) is 5.33. The van der Waals surface area contributed by atoms with Gasteiger partial charge in [0.2, 0.25) is 0 Å². The Morgan fingerprint density at radius 2 is 2.14 bits per heavy atom. The molecule has 7 nitrogen and oxygen atoms in total. The Morgan fingerprint density at radius 1 is 1.38 bits per heavy atom. The summed E-state index contributed by atoms with van der Waals surface area (Å²) in [6.07, 6.45) is 1.51. The highest BCUT2D eigenvalue weighted by molar-refractivity contribution is 7.93. The van der Waals surface area contributed by atoms with E-state index in [0.717, 1.165) is 0 Å². The zero-order valence-electron chi connectivity index (χ0n) is 11.2. The molecule has 0 aliphatic rings. The van der Waals surface area contributed by atoms with Gasteiger partial charge in [-0.2, -0.15) is 0 Å². The van der Waals surface area contributed by atoms with Crippen molar-refractivity contribution in [1.82, 2.24) is 9.55 Å². The highest BCUT2D eigenvalue weighted by Crippen LogP contribution is 2.25. The van der Waals surface area contributed by atoms with E-state index in [2.05, 4.69) is 9.71 Å². The first-order valence-corrected chi connectivity index (χ1v) is 8.27. The number of nitrogens with one attached hydrogen (secondary N) is 1. The van der Waals surface area contributed by atoms with E-state index in [9.17, 15) is 13.2 Å². The van der Waals surface area contributed by atoms with Crippen molar-refractivity contribution >= 4 is 37.6 Å². The van der Waals surface area contributed by atoms with Crippen LogP contribution < -0.4 is 10.5 Å². The highest BCUT2D eigenvalue weighted by atomic mass is 32.2. The van der Waals surface area contributed by atoms with Crippen LogP contribution in [-0.4, -0.2) is 18.0 Å². The number of fused-ring (bicyclic) bond motifs is 1. The van der Waals surface area contributed by atoms with Crippen LogP contribution in [0.25, 0.3) is 11.1 Å². The van der Waals surface area contributed by atoms with Crippen LogP contribution in [-0.2, 0) is 17.1 Å². The van der Waals surface area contributed by atoms with Crippen molar-refractivity contribution in [3.63, 3.8) is 0 Å². The number of oxazole rings is 1. The topological polar surface area (TPSA) is 94.2 Å². The van der Waals surface area contributed by atoms with Crippen LogP contribution in [0.3, 0.4) is 0 Å². The molecule has 0 amide bonds. The average molecular weight is 325 g/mol. The first kappa shape index (κ1) is 13.8. The first-order chi connectivity index (χ1) is 9.88. The van der Waals surface area contributed by atoms with Crippen LogP contribution in [0.1, 0.15) is 5.56 Å². The largest absolute Gasteiger partial charge is 0.419 e. The molecule has 0 aliphatic heterocycles. The molecule has 0 spiro atoms. The number of sulfonamides is 1. The molecule has 0 radical (unpaired) electrons. The SMILES string of the molecule is Cc1cc2c(cc1S(=O)(=O)Nc1nccs1)oc(=O)n2C. The maximum Gasteiger partial charge on any atom is 0.419 e. The minimum atomic E-state index is -3.78. The number of hydrogen-bond donors (Lipinski definition) is 1. The van der Waals surface area contributed by atoms with Crippen molar-refractivity contribution in [3.05, 3.63) is 39.8 Å². The molecule has 1 N–H and O–H groups in total. The molecule has 21 heavy (non-hydrogen) atoms. The second-order valence-electron chi connectivity index (χ2n) is 4.46. The number of rotatable bonds is 3. The third kappa shape index (κ3) is 2.34. The van der Waals surface area contributed by atoms with Gasteiger partial charge in [0.05, 0.1) is 10.4 Å². The third-order valence-electron chi connectivity index (χ3n) is 3.03. The fourth-order valence-corrected chi connectivity index (χ4v) is 4.02. The van der Waals surface area contributed by atoms with Gasteiger partial charge in [-0.25, -0.2) is 18.2 Å². The molecule has 3 aromatic rings. The van der Waals surface area contributed by atoms with Crippen molar-refractivity contribution in [3.8, 4) is 0 Å². The molecule has 2 aromatic heterocycles. The van der Waals surface area contributed by atoms with E-state index in [0.29, 0.717) is 11.1 Å². The smallest absolute Gasteiger partial charge is 0.408 e. The molecule has 3 rings (SSSR count). The second-order valence-corrected chi connectivity index (χ2v) is 7.00. The Kier molecular flexibility index (Phi) is 3.10. The first-order valence-electron chi connectivity index (χ1n) is 5.91. The van der Waals surface area contributed by atoms with E-state index >= 15 is 0 Å². The van der Waals surface area contributed by atoms with Gasteiger partial charge < -0.3 is 4.42 Å². The molecular weight excluding hydrogens is 314 g/mol. The summed E-state index contributed by atoms with van der Waals surface area (Å²) >= 11 is 1.18. The molecule has 2 heterocycles.